The predicted octanol–water partition coefficient (Wildman–Crippen LogP) is 3.96. The number of anilines is 2. The number of rotatable bonds is 6. The lowest BCUT2D eigenvalue weighted by molar-refractivity contribution is 0.380. The van der Waals surface area contributed by atoms with Crippen LogP contribution < -0.4 is 20.9 Å². The lowest BCUT2D eigenvalue weighted by Gasteiger charge is -2.06. The van der Waals surface area contributed by atoms with Crippen LogP contribution in [0.3, 0.4) is 0 Å². The molecule has 0 aliphatic heterocycles. The van der Waals surface area contributed by atoms with Crippen LogP contribution in [-0.2, 0) is 30.6 Å². The number of nitrogens with two attached hydrogens (primary N) is 2. The molecule has 0 aliphatic carbocycles. The minimum atomic E-state index is -4.67. The molecule has 4 aromatic carbocycles. The zero-order valence-electron chi connectivity index (χ0n) is 20.7. The van der Waals surface area contributed by atoms with Gasteiger partial charge in [0.15, 0.2) is 0 Å². The number of benzene rings is 4. The molecule has 0 radical (unpaired) electrons. The van der Waals surface area contributed by atoms with Crippen molar-refractivity contribution in [1.29, 1.82) is 0 Å². The molecule has 17 heteroatoms. The highest BCUT2D eigenvalue weighted by molar-refractivity contribution is 7.86. The summed E-state index contributed by atoms with van der Waals surface area (Å²) in [5, 5.41) is 0. The van der Waals surface area contributed by atoms with Gasteiger partial charge in [0.2, 0.25) is 0 Å². The van der Waals surface area contributed by atoms with Crippen LogP contribution in [0.4, 0.5) is 11.4 Å². The number of nitrogen functional groups attached to an aromatic ring is 2. The van der Waals surface area contributed by atoms with Gasteiger partial charge in [0.25, 0.3) is 20.2 Å². The highest BCUT2D eigenvalue weighted by atomic mass is 32.3. The minimum Gasteiger partial charge on any atom is -0.457 e. The van der Waals surface area contributed by atoms with E-state index in [1.54, 1.807) is 48.5 Å². The van der Waals surface area contributed by atoms with Crippen molar-refractivity contribution in [2.75, 3.05) is 11.5 Å². The zero-order chi connectivity index (χ0) is 30.8. The summed E-state index contributed by atoms with van der Waals surface area (Å²) in [6, 6.07) is 24.6. The van der Waals surface area contributed by atoms with Gasteiger partial charge in [-0.25, -0.2) is 0 Å². The third-order valence-corrected chi connectivity index (χ3v) is 6.17. The molecule has 0 heterocycles. The van der Waals surface area contributed by atoms with E-state index in [1.165, 1.54) is 48.5 Å². The van der Waals surface area contributed by atoms with Crippen LogP contribution >= 0.6 is 0 Å². The molecule has 0 saturated heterocycles. The molecule has 0 spiro atoms. The highest BCUT2D eigenvalue weighted by Gasteiger charge is 2.10. The van der Waals surface area contributed by atoms with E-state index in [9.17, 15) is 16.8 Å². The Balaban J connectivity index is 0.000000247. The van der Waals surface area contributed by atoms with Gasteiger partial charge < -0.3 is 20.9 Å². The van der Waals surface area contributed by atoms with Crippen molar-refractivity contribution in [1.82, 2.24) is 0 Å². The predicted molar refractivity (Wildman–Crippen MR) is 149 cm³/mol. The third kappa shape index (κ3) is 13.1. The summed E-state index contributed by atoms with van der Waals surface area (Å²) in [5.74, 6) is 2.00. The second-order valence-electron chi connectivity index (χ2n) is 7.69. The van der Waals surface area contributed by atoms with Crippen molar-refractivity contribution in [3.8, 4) is 23.0 Å². The van der Waals surface area contributed by atoms with Crippen LogP contribution in [0.15, 0.2) is 107 Å². The topological polar surface area (TPSA) is 254 Å². The van der Waals surface area contributed by atoms with Gasteiger partial charge in [-0.05, 0) is 72.8 Å². The maximum Gasteiger partial charge on any atom is 0.394 e. The molecule has 0 saturated carbocycles. The Morgan fingerprint density at radius 1 is 0.463 bits per heavy atom. The molecule has 0 unspecified atom stereocenters. The minimum absolute atomic E-state index is 0.178. The van der Waals surface area contributed by atoms with Gasteiger partial charge in [0.1, 0.15) is 23.0 Å². The normalized spacial score (nSPS) is 11.2. The molecule has 0 fully saturated rings. The molecule has 0 amide bonds. The number of hydrogen-bond donors (Lipinski definition) is 6. The Morgan fingerprint density at radius 3 is 1.00 bits per heavy atom. The number of ether oxygens (including phenoxy) is 2. The smallest absolute Gasteiger partial charge is 0.394 e. The Hall–Kier alpha value is -4.23. The van der Waals surface area contributed by atoms with Crippen molar-refractivity contribution in [2.45, 2.75) is 9.79 Å². The van der Waals surface area contributed by atoms with Gasteiger partial charge in [0, 0.05) is 23.5 Å². The fraction of sp³-hybridized carbons (Fsp3) is 0. The molecule has 0 aromatic heterocycles. The molecule has 14 nitrogen and oxygen atoms in total. The third-order valence-electron chi connectivity index (χ3n) is 4.43. The van der Waals surface area contributed by atoms with E-state index in [-0.39, 0.29) is 9.79 Å². The number of hydrogen-bond acceptors (Lipinski definition) is 10. The van der Waals surface area contributed by atoms with Crippen LogP contribution in [-0.4, -0.2) is 43.5 Å². The Bertz CT molecular complexity index is 1650. The van der Waals surface area contributed by atoms with E-state index >= 15 is 0 Å². The maximum atomic E-state index is 10.8. The first kappa shape index (κ1) is 33.0. The first-order valence-electron chi connectivity index (χ1n) is 10.8. The molecule has 8 N–H and O–H groups in total. The van der Waals surface area contributed by atoms with Crippen LogP contribution in [0.25, 0.3) is 0 Å². The van der Waals surface area contributed by atoms with E-state index in [0.717, 1.165) is 0 Å². The van der Waals surface area contributed by atoms with Crippen molar-refractivity contribution in [2.24, 2.45) is 0 Å². The fourth-order valence-corrected chi connectivity index (χ4v) is 3.75. The van der Waals surface area contributed by atoms with Crippen molar-refractivity contribution < 1.29 is 52.9 Å². The monoisotopic (exact) mass is 628 g/mol. The van der Waals surface area contributed by atoms with Gasteiger partial charge in [0.05, 0.1) is 9.79 Å². The van der Waals surface area contributed by atoms with E-state index in [2.05, 4.69) is 0 Å². The average Bonchev–Trinajstić information content (AvgIpc) is 2.83. The van der Waals surface area contributed by atoms with Crippen LogP contribution in [0.5, 0.6) is 23.0 Å². The van der Waals surface area contributed by atoms with Crippen LogP contribution in [0.1, 0.15) is 0 Å². The summed E-state index contributed by atoms with van der Waals surface area (Å²) in [7, 11) is -13.0. The fourth-order valence-electron chi connectivity index (χ4n) is 2.79. The lowest BCUT2D eigenvalue weighted by Crippen LogP contribution is -1.97. The van der Waals surface area contributed by atoms with Crippen molar-refractivity contribution in [3.63, 3.8) is 0 Å². The summed E-state index contributed by atoms with van der Waals surface area (Å²) in [4.78, 5) is -0.357. The summed E-state index contributed by atoms with van der Waals surface area (Å²) in [5.41, 5.74) is 12.3. The first-order valence-corrected chi connectivity index (χ1v) is 15.1. The molecule has 0 aliphatic rings. The average molecular weight is 629 g/mol. The van der Waals surface area contributed by atoms with Gasteiger partial charge in [-0.15, -0.1) is 0 Å². The second kappa shape index (κ2) is 13.9. The quantitative estimate of drug-likeness (QED) is 0.131. The van der Waals surface area contributed by atoms with Gasteiger partial charge >= 0.3 is 10.4 Å². The summed E-state index contributed by atoms with van der Waals surface area (Å²) >= 11 is 0. The lowest BCUT2D eigenvalue weighted by atomic mass is 10.3. The first-order chi connectivity index (χ1) is 18.9. The molecule has 4 rings (SSSR count). The molecule has 41 heavy (non-hydrogen) atoms. The zero-order valence-corrected chi connectivity index (χ0v) is 23.1. The second-order valence-corrected chi connectivity index (χ2v) is 11.4. The van der Waals surface area contributed by atoms with Crippen LogP contribution in [0, 0.1) is 0 Å². The molecule has 0 atom stereocenters. The van der Waals surface area contributed by atoms with Crippen LogP contribution in [0.2, 0.25) is 0 Å². The summed E-state index contributed by atoms with van der Waals surface area (Å²) in [6.45, 7) is 0. The molecular weight excluding hydrogens is 604 g/mol. The molecule has 4 aromatic rings. The van der Waals surface area contributed by atoms with Gasteiger partial charge in [-0.3, -0.25) is 18.2 Å². The standard InChI is InChI=1S/2C12H11NO4S.H2O4S/c2*13-9-2-1-3-11(8-9)17-10-4-6-12(7-5-10)18(14,15)16;1-5(2,3)4/h2*1-8H,13H2,(H,14,15,16);(H2,1,2,3,4). The van der Waals surface area contributed by atoms with Gasteiger partial charge in [-0.1, -0.05) is 12.1 Å². The summed E-state index contributed by atoms with van der Waals surface area (Å²) in [6.07, 6.45) is 0. The Labute approximate surface area is 235 Å². The van der Waals surface area contributed by atoms with E-state index < -0.39 is 30.6 Å². The molecule has 220 valence electrons. The SMILES string of the molecule is Nc1cccc(Oc2ccc(S(=O)(=O)O)cc2)c1.Nc1cccc(Oc2ccc(S(=O)(=O)O)cc2)c1.O=S(=O)(O)O. The largest absolute Gasteiger partial charge is 0.457 e. The Kier molecular flexibility index (Phi) is 11.2. The Morgan fingerprint density at radius 2 is 0.756 bits per heavy atom. The summed E-state index contributed by atoms with van der Waals surface area (Å²) < 4.78 is 104. The van der Waals surface area contributed by atoms with E-state index in [4.69, 9.17) is 47.6 Å². The molecule has 0 bridgehead atoms. The van der Waals surface area contributed by atoms with Gasteiger partial charge in [-0.2, -0.15) is 25.3 Å². The van der Waals surface area contributed by atoms with Crippen molar-refractivity contribution >= 4 is 42.0 Å². The van der Waals surface area contributed by atoms with E-state index in [1.807, 2.05) is 0 Å². The molecular formula is C24H24N2O12S3. The van der Waals surface area contributed by atoms with E-state index in [0.29, 0.717) is 34.4 Å². The van der Waals surface area contributed by atoms with Crippen molar-refractivity contribution in [3.05, 3.63) is 97.1 Å². The highest BCUT2D eigenvalue weighted by Crippen LogP contribution is 2.25. The maximum absolute atomic E-state index is 10.8.